The molecule has 6 heteroatoms. The Morgan fingerprint density at radius 3 is 2.74 bits per heavy atom. The molecule has 2 N–H and O–H groups in total. The van der Waals surface area contributed by atoms with E-state index >= 15 is 0 Å². The molecule has 1 aliphatic rings. The van der Waals surface area contributed by atoms with Gasteiger partial charge in [-0.1, -0.05) is 19.9 Å². The molecular weight excluding hydrogens is 290 g/mol. The quantitative estimate of drug-likeness (QED) is 0.889. The van der Waals surface area contributed by atoms with E-state index in [2.05, 4.69) is 39.2 Å². The molecule has 3 heterocycles. The van der Waals surface area contributed by atoms with Gasteiger partial charge in [-0.05, 0) is 36.5 Å². The standard InChI is InChI=1S/C17H23N5O/c1-12(2)14-9-15(21-20-14)17(23)19-11-13-5-6-16(18-10-13)22-7-3-4-8-22/h5-6,9-10,12H,3-4,7-8,11H2,1-2H3,(H,19,23)(H,20,21). The fourth-order valence-corrected chi connectivity index (χ4v) is 2.68. The second-order valence-corrected chi connectivity index (χ2v) is 6.26. The molecule has 2 aromatic rings. The molecule has 1 fully saturated rings. The number of rotatable bonds is 5. The van der Waals surface area contributed by atoms with Crippen LogP contribution < -0.4 is 10.2 Å². The summed E-state index contributed by atoms with van der Waals surface area (Å²) in [5.74, 6) is 1.18. The summed E-state index contributed by atoms with van der Waals surface area (Å²) in [4.78, 5) is 18.9. The average molecular weight is 313 g/mol. The van der Waals surface area contributed by atoms with Gasteiger partial charge in [0, 0.05) is 31.5 Å². The van der Waals surface area contributed by atoms with Crippen molar-refractivity contribution in [1.29, 1.82) is 0 Å². The molecule has 0 atom stereocenters. The maximum absolute atomic E-state index is 12.1. The molecule has 0 radical (unpaired) electrons. The Morgan fingerprint density at radius 2 is 2.13 bits per heavy atom. The number of amides is 1. The molecule has 0 unspecified atom stereocenters. The highest BCUT2D eigenvalue weighted by molar-refractivity contribution is 5.92. The van der Waals surface area contributed by atoms with E-state index in [1.54, 1.807) is 6.07 Å². The minimum Gasteiger partial charge on any atom is -0.357 e. The molecule has 3 rings (SSSR count). The Morgan fingerprint density at radius 1 is 1.35 bits per heavy atom. The summed E-state index contributed by atoms with van der Waals surface area (Å²) in [6.45, 7) is 6.74. The van der Waals surface area contributed by atoms with E-state index in [4.69, 9.17) is 0 Å². The summed E-state index contributed by atoms with van der Waals surface area (Å²) in [6, 6.07) is 5.85. The van der Waals surface area contributed by atoms with Gasteiger partial charge in [-0.25, -0.2) is 4.98 Å². The number of nitrogens with one attached hydrogen (secondary N) is 2. The van der Waals surface area contributed by atoms with Crippen molar-refractivity contribution >= 4 is 11.7 Å². The zero-order valence-corrected chi connectivity index (χ0v) is 13.7. The van der Waals surface area contributed by atoms with E-state index < -0.39 is 0 Å². The molecule has 23 heavy (non-hydrogen) atoms. The SMILES string of the molecule is CC(C)c1cc(C(=O)NCc2ccc(N3CCCC3)nc2)n[nH]1. The Bertz CT molecular complexity index is 656. The second-order valence-electron chi connectivity index (χ2n) is 6.26. The van der Waals surface area contributed by atoms with Gasteiger partial charge in [0.15, 0.2) is 0 Å². The maximum atomic E-state index is 12.1. The lowest BCUT2D eigenvalue weighted by Gasteiger charge is -2.16. The van der Waals surface area contributed by atoms with Gasteiger partial charge in [0.2, 0.25) is 0 Å². The monoisotopic (exact) mass is 313 g/mol. The first kappa shape index (κ1) is 15.5. The first-order valence-electron chi connectivity index (χ1n) is 8.17. The van der Waals surface area contributed by atoms with Crippen molar-refractivity contribution in [2.45, 2.75) is 39.2 Å². The molecular formula is C17H23N5O. The number of aromatic amines is 1. The number of aromatic nitrogens is 3. The Kier molecular flexibility index (Phi) is 4.60. The van der Waals surface area contributed by atoms with Crippen LogP contribution in [0, 0.1) is 0 Å². The van der Waals surface area contributed by atoms with Crippen LogP contribution in [0.4, 0.5) is 5.82 Å². The first-order valence-corrected chi connectivity index (χ1v) is 8.17. The Hall–Kier alpha value is -2.37. The summed E-state index contributed by atoms with van der Waals surface area (Å²) in [5.41, 5.74) is 2.38. The third-order valence-corrected chi connectivity index (χ3v) is 4.14. The lowest BCUT2D eigenvalue weighted by Crippen LogP contribution is -2.23. The van der Waals surface area contributed by atoms with Crippen molar-refractivity contribution in [3.8, 4) is 0 Å². The highest BCUT2D eigenvalue weighted by atomic mass is 16.1. The van der Waals surface area contributed by atoms with Crippen molar-refractivity contribution in [2.24, 2.45) is 0 Å². The van der Waals surface area contributed by atoms with E-state index in [1.165, 1.54) is 12.8 Å². The average Bonchev–Trinajstić information content (AvgIpc) is 3.24. The Labute approximate surface area is 136 Å². The fourth-order valence-electron chi connectivity index (χ4n) is 2.68. The van der Waals surface area contributed by atoms with E-state index in [1.807, 2.05) is 18.3 Å². The number of pyridine rings is 1. The van der Waals surface area contributed by atoms with E-state index in [9.17, 15) is 4.79 Å². The van der Waals surface area contributed by atoms with Crippen LogP contribution in [0.1, 0.15) is 54.4 Å². The van der Waals surface area contributed by atoms with Crippen molar-refractivity contribution in [1.82, 2.24) is 20.5 Å². The predicted molar refractivity (Wildman–Crippen MR) is 89.5 cm³/mol. The van der Waals surface area contributed by atoms with Gasteiger partial charge in [0.05, 0.1) is 0 Å². The smallest absolute Gasteiger partial charge is 0.272 e. The molecule has 1 amide bonds. The molecule has 122 valence electrons. The van der Waals surface area contributed by atoms with Crippen LogP contribution in [0.5, 0.6) is 0 Å². The van der Waals surface area contributed by atoms with Crippen LogP contribution in [0.3, 0.4) is 0 Å². The van der Waals surface area contributed by atoms with Gasteiger partial charge in [-0.2, -0.15) is 5.10 Å². The van der Waals surface area contributed by atoms with Gasteiger partial charge in [-0.15, -0.1) is 0 Å². The number of hydrogen-bond donors (Lipinski definition) is 2. The van der Waals surface area contributed by atoms with Gasteiger partial charge in [0.1, 0.15) is 11.5 Å². The molecule has 0 aliphatic carbocycles. The van der Waals surface area contributed by atoms with Crippen molar-refractivity contribution in [3.63, 3.8) is 0 Å². The highest BCUT2D eigenvalue weighted by Gasteiger charge is 2.14. The number of H-pyrrole nitrogens is 1. The van der Waals surface area contributed by atoms with Crippen LogP contribution in [0.2, 0.25) is 0 Å². The summed E-state index contributed by atoms with van der Waals surface area (Å²) in [7, 11) is 0. The summed E-state index contributed by atoms with van der Waals surface area (Å²) in [5, 5.41) is 9.83. The number of hydrogen-bond acceptors (Lipinski definition) is 4. The summed E-state index contributed by atoms with van der Waals surface area (Å²) >= 11 is 0. The predicted octanol–water partition coefficient (Wildman–Crippen LogP) is 2.46. The maximum Gasteiger partial charge on any atom is 0.272 e. The lowest BCUT2D eigenvalue weighted by atomic mass is 10.1. The summed E-state index contributed by atoms with van der Waals surface area (Å²) < 4.78 is 0. The Balaban J connectivity index is 1.55. The lowest BCUT2D eigenvalue weighted by molar-refractivity contribution is 0.0946. The van der Waals surface area contributed by atoms with E-state index in [0.29, 0.717) is 18.2 Å². The molecule has 6 nitrogen and oxygen atoms in total. The highest BCUT2D eigenvalue weighted by Crippen LogP contribution is 2.17. The molecule has 0 saturated carbocycles. The topological polar surface area (TPSA) is 73.9 Å². The van der Waals surface area contributed by atoms with E-state index in [-0.39, 0.29) is 5.91 Å². The molecule has 1 saturated heterocycles. The van der Waals surface area contributed by atoms with Crippen LogP contribution in [-0.2, 0) is 6.54 Å². The molecule has 2 aromatic heterocycles. The number of anilines is 1. The van der Waals surface area contributed by atoms with Gasteiger partial charge in [0.25, 0.3) is 5.91 Å². The third-order valence-electron chi connectivity index (χ3n) is 4.14. The minimum absolute atomic E-state index is 0.170. The number of nitrogens with zero attached hydrogens (tertiary/aromatic N) is 3. The summed E-state index contributed by atoms with van der Waals surface area (Å²) in [6.07, 6.45) is 4.31. The van der Waals surface area contributed by atoms with Gasteiger partial charge in [-0.3, -0.25) is 9.89 Å². The van der Waals surface area contributed by atoms with Gasteiger partial charge < -0.3 is 10.2 Å². The molecule has 0 bridgehead atoms. The molecule has 0 spiro atoms. The zero-order chi connectivity index (χ0) is 16.2. The van der Waals surface area contributed by atoms with Crippen molar-refractivity contribution in [2.75, 3.05) is 18.0 Å². The van der Waals surface area contributed by atoms with Gasteiger partial charge >= 0.3 is 0 Å². The van der Waals surface area contributed by atoms with Crippen LogP contribution in [-0.4, -0.2) is 34.2 Å². The van der Waals surface area contributed by atoms with Crippen LogP contribution >= 0.6 is 0 Å². The van der Waals surface area contributed by atoms with Crippen molar-refractivity contribution in [3.05, 3.63) is 41.3 Å². The third kappa shape index (κ3) is 3.70. The minimum atomic E-state index is -0.170. The number of carbonyl (C=O) groups excluding carboxylic acids is 1. The largest absolute Gasteiger partial charge is 0.357 e. The molecule has 1 aliphatic heterocycles. The second kappa shape index (κ2) is 6.81. The first-order chi connectivity index (χ1) is 11.1. The van der Waals surface area contributed by atoms with Crippen LogP contribution in [0.25, 0.3) is 0 Å². The van der Waals surface area contributed by atoms with E-state index in [0.717, 1.165) is 30.2 Å². The number of carbonyl (C=O) groups is 1. The fraction of sp³-hybridized carbons (Fsp3) is 0.471. The van der Waals surface area contributed by atoms with Crippen molar-refractivity contribution < 1.29 is 4.79 Å². The molecule has 0 aromatic carbocycles. The zero-order valence-electron chi connectivity index (χ0n) is 13.7. The van der Waals surface area contributed by atoms with Crippen LogP contribution in [0.15, 0.2) is 24.4 Å². The normalized spacial score (nSPS) is 14.5.